The summed E-state index contributed by atoms with van der Waals surface area (Å²) in [6.07, 6.45) is -2.29. The molecule has 0 aliphatic carbocycles. The summed E-state index contributed by atoms with van der Waals surface area (Å²) in [5, 5.41) is 3.46. The van der Waals surface area contributed by atoms with Crippen molar-refractivity contribution >= 4 is 0 Å². The van der Waals surface area contributed by atoms with Crippen molar-refractivity contribution in [2.24, 2.45) is 5.92 Å². The van der Waals surface area contributed by atoms with Crippen LogP contribution in [0.3, 0.4) is 0 Å². The molecule has 0 radical (unpaired) electrons. The molecule has 114 valence electrons. The van der Waals surface area contributed by atoms with Crippen LogP contribution in [0.25, 0.3) is 0 Å². The van der Waals surface area contributed by atoms with Crippen LogP contribution in [0.5, 0.6) is 0 Å². The molecule has 0 saturated carbocycles. The number of hydrogen-bond donors (Lipinski definition) is 1. The maximum absolute atomic E-state index is 12.5. The highest BCUT2D eigenvalue weighted by molar-refractivity contribution is 5.05. The van der Waals surface area contributed by atoms with E-state index in [-0.39, 0.29) is 29.7 Å². The number of alkyl halides is 2. The molecule has 1 rings (SSSR count). The highest BCUT2D eigenvalue weighted by atomic mass is 19.3. The van der Waals surface area contributed by atoms with Gasteiger partial charge >= 0.3 is 0 Å². The van der Waals surface area contributed by atoms with Crippen LogP contribution in [0.4, 0.5) is 8.78 Å². The van der Waals surface area contributed by atoms with Crippen LogP contribution in [0.15, 0.2) is 0 Å². The van der Waals surface area contributed by atoms with Crippen LogP contribution in [-0.2, 0) is 4.74 Å². The van der Waals surface area contributed by atoms with Gasteiger partial charge in [-0.2, -0.15) is 0 Å². The van der Waals surface area contributed by atoms with E-state index >= 15 is 0 Å². The van der Waals surface area contributed by atoms with E-state index in [2.05, 4.69) is 26.1 Å². The fraction of sp³-hybridized carbons (Fsp3) is 1.00. The zero-order valence-electron chi connectivity index (χ0n) is 13.0. The Morgan fingerprint density at radius 3 is 2.26 bits per heavy atom. The molecule has 2 unspecified atom stereocenters. The molecule has 0 bridgehead atoms. The van der Waals surface area contributed by atoms with Crippen molar-refractivity contribution in [1.82, 2.24) is 10.2 Å². The average Bonchev–Trinajstić information content (AvgIpc) is 2.35. The van der Waals surface area contributed by atoms with Crippen molar-refractivity contribution < 1.29 is 13.5 Å². The summed E-state index contributed by atoms with van der Waals surface area (Å²) in [5.41, 5.74) is -0.595. The van der Waals surface area contributed by atoms with Crippen LogP contribution in [0.1, 0.15) is 34.6 Å². The van der Waals surface area contributed by atoms with Gasteiger partial charge in [-0.05, 0) is 41.3 Å². The molecule has 1 aliphatic rings. The van der Waals surface area contributed by atoms with Crippen LogP contribution in [0, 0.1) is 5.92 Å². The molecule has 1 heterocycles. The van der Waals surface area contributed by atoms with Crippen molar-refractivity contribution in [2.75, 3.05) is 26.7 Å². The lowest BCUT2D eigenvalue weighted by atomic mass is 9.82. The first-order valence-corrected chi connectivity index (χ1v) is 7.00. The first kappa shape index (κ1) is 16.8. The zero-order chi connectivity index (χ0) is 14.8. The van der Waals surface area contributed by atoms with Crippen LogP contribution in [-0.4, -0.2) is 55.3 Å². The van der Waals surface area contributed by atoms with Crippen molar-refractivity contribution in [3.63, 3.8) is 0 Å². The minimum Gasteiger partial charge on any atom is -0.368 e. The fourth-order valence-corrected chi connectivity index (χ4v) is 3.28. The predicted molar refractivity (Wildman–Crippen MR) is 73.7 cm³/mol. The van der Waals surface area contributed by atoms with Crippen LogP contribution < -0.4 is 5.32 Å². The smallest absolute Gasteiger partial charge is 0.251 e. The van der Waals surface area contributed by atoms with E-state index in [1.807, 2.05) is 13.8 Å². The number of halogens is 2. The van der Waals surface area contributed by atoms with Gasteiger partial charge in [0, 0.05) is 18.5 Å². The van der Waals surface area contributed by atoms with E-state index in [1.165, 1.54) is 0 Å². The lowest BCUT2D eigenvalue weighted by Gasteiger charge is -2.33. The molecule has 1 N–H and O–H groups in total. The van der Waals surface area contributed by atoms with Gasteiger partial charge in [-0.1, -0.05) is 6.92 Å². The Morgan fingerprint density at radius 2 is 1.79 bits per heavy atom. The van der Waals surface area contributed by atoms with E-state index in [0.29, 0.717) is 6.54 Å². The third kappa shape index (κ3) is 4.10. The van der Waals surface area contributed by atoms with Gasteiger partial charge < -0.3 is 15.0 Å². The number of hydrogen-bond acceptors (Lipinski definition) is 3. The summed E-state index contributed by atoms with van der Waals surface area (Å²) < 4.78 is 31.1. The van der Waals surface area contributed by atoms with E-state index in [1.54, 1.807) is 11.9 Å². The van der Waals surface area contributed by atoms with Gasteiger partial charge in [0.1, 0.15) is 0 Å². The Labute approximate surface area is 115 Å². The van der Waals surface area contributed by atoms with Gasteiger partial charge in [0.2, 0.25) is 0 Å². The van der Waals surface area contributed by atoms with E-state index < -0.39 is 6.43 Å². The number of ether oxygens (including phenoxy) is 1. The maximum Gasteiger partial charge on any atom is 0.251 e. The molecule has 1 fully saturated rings. The minimum absolute atomic E-state index is 0.174. The number of nitrogens with one attached hydrogen (secondary N) is 1. The topological polar surface area (TPSA) is 24.5 Å². The van der Waals surface area contributed by atoms with Crippen molar-refractivity contribution in [3.05, 3.63) is 0 Å². The molecule has 1 saturated heterocycles. The second-order valence-corrected chi connectivity index (χ2v) is 6.56. The molecular weight excluding hydrogens is 250 g/mol. The second kappa shape index (κ2) is 6.02. The highest BCUT2D eigenvalue weighted by Crippen LogP contribution is 2.42. The van der Waals surface area contributed by atoms with Gasteiger partial charge in [0.25, 0.3) is 6.43 Å². The van der Waals surface area contributed by atoms with E-state index in [0.717, 1.165) is 6.54 Å². The SMILES string of the molecule is CCNC1C(CN(C)CC(F)F)C(C)(C)OC1(C)C. The van der Waals surface area contributed by atoms with Gasteiger partial charge in [-0.25, -0.2) is 8.78 Å². The number of likely N-dealkylation sites (N-methyl/N-ethyl adjacent to an activating group) is 1. The third-order valence-electron chi connectivity index (χ3n) is 3.95. The summed E-state index contributed by atoms with van der Waals surface area (Å²) in [4.78, 5) is 1.70. The summed E-state index contributed by atoms with van der Waals surface area (Å²) in [6, 6.07) is 0.174. The normalized spacial score (nSPS) is 29.4. The Morgan fingerprint density at radius 1 is 1.21 bits per heavy atom. The quantitative estimate of drug-likeness (QED) is 0.807. The predicted octanol–water partition coefficient (Wildman–Crippen LogP) is 2.37. The first-order valence-electron chi connectivity index (χ1n) is 7.00. The minimum atomic E-state index is -2.29. The van der Waals surface area contributed by atoms with Crippen molar-refractivity contribution in [3.8, 4) is 0 Å². The van der Waals surface area contributed by atoms with Gasteiger partial charge in [0.15, 0.2) is 0 Å². The molecular formula is C14H28F2N2O. The molecule has 5 heteroatoms. The Bertz CT molecular complexity index is 295. The highest BCUT2D eigenvalue weighted by Gasteiger charge is 2.53. The van der Waals surface area contributed by atoms with Crippen LogP contribution in [0.2, 0.25) is 0 Å². The number of nitrogens with zero attached hydrogens (tertiary/aromatic N) is 1. The molecule has 2 atom stereocenters. The fourth-order valence-electron chi connectivity index (χ4n) is 3.28. The molecule has 0 aromatic rings. The summed E-state index contributed by atoms with van der Waals surface area (Å²) in [5.74, 6) is 0.186. The number of rotatable bonds is 6. The second-order valence-electron chi connectivity index (χ2n) is 6.56. The molecule has 0 amide bonds. The van der Waals surface area contributed by atoms with Crippen molar-refractivity contribution in [2.45, 2.75) is 58.3 Å². The Hall–Kier alpha value is -0.260. The molecule has 0 aromatic carbocycles. The molecule has 19 heavy (non-hydrogen) atoms. The molecule has 3 nitrogen and oxygen atoms in total. The Kier molecular flexibility index (Phi) is 5.32. The van der Waals surface area contributed by atoms with Gasteiger partial charge in [0.05, 0.1) is 17.7 Å². The van der Waals surface area contributed by atoms with Gasteiger partial charge in [-0.3, -0.25) is 0 Å². The molecule has 1 aliphatic heterocycles. The molecule has 0 aromatic heterocycles. The van der Waals surface area contributed by atoms with Crippen molar-refractivity contribution in [1.29, 1.82) is 0 Å². The summed E-state index contributed by atoms with van der Waals surface area (Å²) in [6.45, 7) is 11.6. The average molecular weight is 278 g/mol. The maximum atomic E-state index is 12.5. The molecule has 0 spiro atoms. The van der Waals surface area contributed by atoms with E-state index in [9.17, 15) is 8.78 Å². The Balaban J connectivity index is 2.81. The summed E-state index contributed by atoms with van der Waals surface area (Å²) >= 11 is 0. The zero-order valence-corrected chi connectivity index (χ0v) is 13.0. The monoisotopic (exact) mass is 278 g/mol. The van der Waals surface area contributed by atoms with E-state index in [4.69, 9.17) is 4.74 Å². The standard InChI is InChI=1S/C14H28F2N2O/c1-7-17-12-10(8-18(6)9-11(15)16)13(2,3)19-14(12,4)5/h10-12,17H,7-9H2,1-6H3. The summed E-state index contributed by atoms with van der Waals surface area (Å²) in [7, 11) is 1.75. The van der Waals surface area contributed by atoms with Gasteiger partial charge in [-0.15, -0.1) is 0 Å². The largest absolute Gasteiger partial charge is 0.368 e. The van der Waals surface area contributed by atoms with Crippen LogP contribution >= 0.6 is 0 Å². The first-order chi connectivity index (χ1) is 8.60. The lowest BCUT2D eigenvalue weighted by molar-refractivity contribution is -0.0798. The third-order valence-corrected chi connectivity index (χ3v) is 3.95. The lowest BCUT2D eigenvalue weighted by Crippen LogP contribution is -2.50.